The van der Waals surface area contributed by atoms with Crippen molar-refractivity contribution in [3.8, 4) is 0 Å². The fourth-order valence-electron chi connectivity index (χ4n) is 2.06. The number of benzene rings is 1. The van der Waals surface area contributed by atoms with Crippen molar-refractivity contribution in [2.75, 3.05) is 32.7 Å². The number of ether oxygens (including phenoxy) is 2. The van der Waals surface area contributed by atoms with E-state index in [1.54, 1.807) is 11.9 Å². The van der Waals surface area contributed by atoms with E-state index in [0.29, 0.717) is 6.54 Å². The predicted molar refractivity (Wildman–Crippen MR) is 76.7 cm³/mol. The molecule has 1 aromatic carbocycles. The Morgan fingerprint density at radius 1 is 1.52 bits per heavy atom. The standard InChI is InChI=1S/C14H19N3O4/c1-17-6-10-5-9(3-4-12(10)16-14(17)19)11(15)7-21-8-13(18)20-2/h3-5,11H,6-8,15H2,1-2H3,(H,16,19). The van der Waals surface area contributed by atoms with E-state index in [4.69, 9.17) is 10.5 Å². The number of nitrogens with zero attached hydrogens (tertiary/aromatic N) is 1. The fourth-order valence-corrected chi connectivity index (χ4v) is 2.06. The SMILES string of the molecule is COC(=O)COCC(N)c1ccc2c(c1)CN(C)C(=O)N2. The molecule has 0 bridgehead atoms. The quantitative estimate of drug-likeness (QED) is 0.785. The molecule has 2 rings (SSSR count). The molecule has 7 nitrogen and oxygen atoms in total. The van der Waals surface area contributed by atoms with E-state index < -0.39 is 5.97 Å². The monoisotopic (exact) mass is 293 g/mol. The number of anilines is 1. The van der Waals surface area contributed by atoms with Gasteiger partial charge in [-0.05, 0) is 17.2 Å². The van der Waals surface area contributed by atoms with Gasteiger partial charge in [-0.25, -0.2) is 9.59 Å². The molecule has 1 aliphatic rings. The zero-order chi connectivity index (χ0) is 15.4. The number of carbonyl (C=O) groups is 2. The van der Waals surface area contributed by atoms with E-state index in [-0.39, 0.29) is 25.3 Å². The van der Waals surface area contributed by atoms with Crippen LogP contribution in [0.1, 0.15) is 17.2 Å². The summed E-state index contributed by atoms with van der Waals surface area (Å²) < 4.78 is 9.69. The first-order valence-electron chi connectivity index (χ1n) is 6.56. The smallest absolute Gasteiger partial charge is 0.331 e. The molecule has 1 atom stereocenters. The topological polar surface area (TPSA) is 93.9 Å². The normalized spacial score (nSPS) is 15.2. The van der Waals surface area contributed by atoms with Crippen molar-refractivity contribution in [3.05, 3.63) is 29.3 Å². The summed E-state index contributed by atoms with van der Waals surface area (Å²) in [5, 5.41) is 2.80. The van der Waals surface area contributed by atoms with E-state index in [2.05, 4.69) is 10.1 Å². The summed E-state index contributed by atoms with van der Waals surface area (Å²) in [6.45, 7) is 0.634. The van der Waals surface area contributed by atoms with Gasteiger partial charge in [-0.2, -0.15) is 0 Å². The third kappa shape index (κ3) is 3.71. The number of esters is 1. The van der Waals surface area contributed by atoms with E-state index in [9.17, 15) is 9.59 Å². The predicted octanol–water partition coefficient (Wildman–Crippen LogP) is 0.853. The average Bonchev–Trinajstić information content (AvgIpc) is 2.47. The lowest BCUT2D eigenvalue weighted by molar-refractivity contribution is -0.146. The van der Waals surface area contributed by atoms with Crippen LogP contribution in [0.25, 0.3) is 0 Å². The Kier molecular flexibility index (Phi) is 4.77. The average molecular weight is 293 g/mol. The Morgan fingerprint density at radius 3 is 3.00 bits per heavy atom. The number of carbonyl (C=O) groups excluding carboxylic acids is 2. The molecule has 0 spiro atoms. The van der Waals surface area contributed by atoms with Gasteiger partial charge in [-0.1, -0.05) is 12.1 Å². The number of amides is 2. The Hall–Kier alpha value is -2.12. The highest BCUT2D eigenvalue weighted by atomic mass is 16.6. The lowest BCUT2D eigenvalue weighted by Gasteiger charge is -2.27. The Morgan fingerprint density at radius 2 is 2.29 bits per heavy atom. The Bertz CT molecular complexity index is 547. The highest BCUT2D eigenvalue weighted by molar-refractivity contribution is 5.92. The van der Waals surface area contributed by atoms with Crippen molar-refractivity contribution in [2.45, 2.75) is 12.6 Å². The summed E-state index contributed by atoms with van der Waals surface area (Å²) in [6, 6.07) is 5.15. The number of urea groups is 1. The summed E-state index contributed by atoms with van der Waals surface area (Å²) in [4.78, 5) is 24.1. The summed E-state index contributed by atoms with van der Waals surface area (Å²) in [7, 11) is 3.03. The molecule has 1 unspecified atom stereocenters. The molecule has 2 amide bonds. The van der Waals surface area contributed by atoms with Gasteiger partial charge in [0.2, 0.25) is 0 Å². The minimum atomic E-state index is -0.433. The van der Waals surface area contributed by atoms with Gasteiger partial charge in [-0.3, -0.25) is 0 Å². The van der Waals surface area contributed by atoms with E-state index in [1.165, 1.54) is 7.11 Å². The molecule has 3 N–H and O–H groups in total. The summed E-state index contributed by atoms with van der Waals surface area (Å²) >= 11 is 0. The largest absolute Gasteiger partial charge is 0.467 e. The molecule has 0 aromatic heterocycles. The van der Waals surface area contributed by atoms with Crippen molar-refractivity contribution in [2.24, 2.45) is 5.73 Å². The number of rotatable bonds is 5. The lowest BCUT2D eigenvalue weighted by Crippen LogP contribution is -2.35. The van der Waals surface area contributed by atoms with Crippen molar-refractivity contribution < 1.29 is 19.1 Å². The van der Waals surface area contributed by atoms with Gasteiger partial charge >= 0.3 is 12.0 Å². The van der Waals surface area contributed by atoms with Crippen LogP contribution in [0.2, 0.25) is 0 Å². The van der Waals surface area contributed by atoms with Crippen LogP contribution in [-0.4, -0.2) is 44.3 Å². The van der Waals surface area contributed by atoms with E-state index in [0.717, 1.165) is 16.8 Å². The summed E-state index contributed by atoms with van der Waals surface area (Å²) in [5.74, 6) is -0.433. The number of hydrogen-bond acceptors (Lipinski definition) is 5. The third-order valence-electron chi connectivity index (χ3n) is 3.30. The van der Waals surface area contributed by atoms with Crippen LogP contribution in [0.5, 0.6) is 0 Å². The van der Waals surface area contributed by atoms with Crippen LogP contribution in [0, 0.1) is 0 Å². The highest BCUT2D eigenvalue weighted by Crippen LogP contribution is 2.25. The highest BCUT2D eigenvalue weighted by Gasteiger charge is 2.20. The Balaban J connectivity index is 1.99. The molecule has 0 radical (unpaired) electrons. The molecule has 0 aliphatic carbocycles. The molecule has 114 valence electrons. The molecule has 1 heterocycles. The number of hydrogen-bond donors (Lipinski definition) is 2. The maximum absolute atomic E-state index is 11.5. The molecule has 21 heavy (non-hydrogen) atoms. The number of fused-ring (bicyclic) bond motifs is 1. The first-order chi connectivity index (χ1) is 10.0. The molecule has 1 aliphatic heterocycles. The van der Waals surface area contributed by atoms with Crippen LogP contribution in [-0.2, 0) is 20.8 Å². The second kappa shape index (κ2) is 6.55. The maximum Gasteiger partial charge on any atom is 0.331 e. The van der Waals surface area contributed by atoms with Gasteiger partial charge < -0.3 is 25.4 Å². The van der Waals surface area contributed by atoms with Crippen LogP contribution < -0.4 is 11.1 Å². The maximum atomic E-state index is 11.5. The molecule has 1 aromatic rings. The molecule has 0 saturated heterocycles. The van der Waals surface area contributed by atoms with Crippen molar-refractivity contribution >= 4 is 17.7 Å². The van der Waals surface area contributed by atoms with Crippen LogP contribution in [0.15, 0.2) is 18.2 Å². The van der Waals surface area contributed by atoms with Gasteiger partial charge in [0, 0.05) is 19.3 Å². The second-order valence-electron chi connectivity index (χ2n) is 4.90. The van der Waals surface area contributed by atoms with Gasteiger partial charge in [0.1, 0.15) is 6.61 Å². The molecular formula is C14H19N3O4. The summed E-state index contributed by atoms with van der Waals surface area (Å²) in [6.07, 6.45) is 0. The molecular weight excluding hydrogens is 274 g/mol. The van der Waals surface area contributed by atoms with E-state index in [1.807, 2.05) is 18.2 Å². The van der Waals surface area contributed by atoms with Crippen LogP contribution in [0.3, 0.4) is 0 Å². The molecule has 7 heteroatoms. The van der Waals surface area contributed by atoms with Crippen molar-refractivity contribution in [3.63, 3.8) is 0 Å². The van der Waals surface area contributed by atoms with Gasteiger partial charge in [0.25, 0.3) is 0 Å². The van der Waals surface area contributed by atoms with Gasteiger partial charge in [0.15, 0.2) is 0 Å². The number of methoxy groups -OCH3 is 1. The van der Waals surface area contributed by atoms with Crippen LogP contribution >= 0.6 is 0 Å². The van der Waals surface area contributed by atoms with Gasteiger partial charge in [-0.15, -0.1) is 0 Å². The number of nitrogens with one attached hydrogen (secondary N) is 1. The van der Waals surface area contributed by atoms with E-state index >= 15 is 0 Å². The first kappa shape index (κ1) is 15.3. The zero-order valence-corrected chi connectivity index (χ0v) is 12.1. The minimum absolute atomic E-state index is 0.117. The lowest BCUT2D eigenvalue weighted by atomic mass is 10.0. The van der Waals surface area contributed by atoms with Crippen molar-refractivity contribution in [1.29, 1.82) is 0 Å². The molecule has 0 saturated carbocycles. The number of nitrogens with two attached hydrogens (primary N) is 1. The third-order valence-corrected chi connectivity index (χ3v) is 3.30. The second-order valence-corrected chi connectivity index (χ2v) is 4.90. The molecule has 0 fully saturated rings. The van der Waals surface area contributed by atoms with Crippen molar-refractivity contribution in [1.82, 2.24) is 4.90 Å². The first-order valence-corrected chi connectivity index (χ1v) is 6.56. The summed E-state index contributed by atoms with van der Waals surface area (Å²) in [5.41, 5.74) is 8.73. The Labute approximate surface area is 123 Å². The van der Waals surface area contributed by atoms with Gasteiger partial charge in [0.05, 0.1) is 19.8 Å². The van der Waals surface area contributed by atoms with Crippen LogP contribution in [0.4, 0.5) is 10.5 Å². The minimum Gasteiger partial charge on any atom is -0.467 e. The zero-order valence-electron chi connectivity index (χ0n) is 12.1. The fraction of sp³-hybridized carbons (Fsp3) is 0.429.